The van der Waals surface area contributed by atoms with E-state index in [0.29, 0.717) is 11.8 Å². The smallest absolute Gasteiger partial charge is 0.262 e. The van der Waals surface area contributed by atoms with Gasteiger partial charge < -0.3 is 10.1 Å². The highest BCUT2D eigenvalue weighted by atomic mass is 35.5. The zero-order valence-electron chi connectivity index (χ0n) is 11.0. The van der Waals surface area contributed by atoms with Gasteiger partial charge in [0.25, 0.3) is 5.91 Å². The number of fused-ring (bicyclic) bond motifs is 1. The number of ether oxygens (including phenoxy) is 1. The molecule has 0 aromatic heterocycles. The molecule has 3 nitrogen and oxygen atoms in total. The third kappa shape index (κ3) is 2.44. The molecule has 19 heavy (non-hydrogen) atoms. The van der Waals surface area contributed by atoms with Crippen LogP contribution in [0.1, 0.15) is 37.1 Å². The number of rotatable bonds is 2. The number of hydrogen-bond acceptors (Lipinski definition) is 2. The predicted molar refractivity (Wildman–Crippen MR) is 75.7 cm³/mol. The number of halogens is 1. The lowest BCUT2D eigenvalue weighted by Crippen LogP contribution is -2.25. The molecule has 0 radical (unpaired) electrons. The fourth-order valence-corrected chi connectivity index (χ4v) is 3.64. The van der Waals surface area contributed by atoms with Crippen molar-refractivity contribution >= 4 is 23.2 Å². The van der Waals surface area contributed by atoms with Gasteiger partial charge in [-0.15, -0.1) is 11.6 Å². The van der Waals surface area contributed by atoms with Gasteiger partial charge in [0.05, 0.1) is 11.1 Å². The zero-order valence-corrected chi connectivity index (χ0v) is 11.7. The van der Waals surface area contributed by atoms with Gasteiger partial charge >= 0.3 is 0 Å². The van der Waals surface area contributed by atoms with Crippen molar-refractivity contribution in [2.45, 2.75) is 31.6 Å². The summed E-state index contributed by atoms with van der Waals surface area (Å²) in [4.78, 5) is 11.3. The monoisotopic (exact) mass is 279 g/mol. The summed E-state index contributed by atoms with van der Waals surface area (Å²) in [5, 5.41) is 2.85. The van der Waals surface area contributed by atoms with Gasteiger partial charge in [-0.1, -0.05) is 25.8 Å². The summed E-state index contributed by atoms with van der Waals surface area (Å²) in [6, 6.07) is 5.87. The molecular weight excluding hydrogens is 262 g/mol. The molecule has 3 unspecified atom stereocenters. The van der Waals surface area contributed by atoms with Gasteiger partial charge in [0.2, 0.25) is 0 Å². The van der Waals surface area contributed by atoms with E-state index in [4.69, 9.17) is 16.3 Å². The van der Waals surface area contributed by atoms with Gasteiger partial charge in [0, 0.05) is 0 Å². The van der Waals surface area contributed by atoms with Crippen molar-refractivity contribution in [3.63, 3.8) is 0 Å². The lowest BCUT2D eigenvalue weighted by molar-refractivity contribution is -0.118. The van der Waals surface area contributed by atoms with E-state index < -0.39 is 0 Å². The molecule has 3 rings (SSSR count). The second kappa shape index (κ2) is 5.04. The molecule has 1 N–H and O–H groups in total. The van der Waals surface area contributed by atoms with Crippen LogP contribution in [0.3, 0.4) is 0 Å². The van der Waals surface area contributed by atoms with E-state index in [1.165, 1.54) is 19.3 Å². The zero-order chi connectivity index (χ0) is 13.4. The molecular formula is C15H18ClNO2. The minimum atomic E-state index is -0.106. The first-order valence-electron chi connectivity index (χ1n) is 6.86. The maximum absolute atomic E-state index is 11.3. The molecule has 102 valence electrons. The number of benzene rings is 1. The van der Waals surface area contributed by atoms with Crippen molar-refractivity contribution in [2.24, 2.45) is 11.8 Å². The summed E-state index contributed by atoms with van der Waals surface area (Å²) < 4.78 is 5.36. The summed E-state index contributed by atoms with van der Waals surface area (Å²) in [7, 11) is 0. The molecule has 1 saturated carbocycles. The molecule has 1 fully saturated rings. The Bertz CT molecular complexity index is 503. The highest BCUT2D eigenvalue weighted by Crippen LogP contribution is 2.44. The molecule has 0 bridgehead atoms. The van der Waals surface area contributed by atoms with E-state index in [9.17, 15) is 4.79 Å². The second-order valence-corrected chi connectivity index (χ2v) is 6.04. The fraction of sp³-hybridized carbons (Fsp3) is 0.533. The third-order valence-corrected chi connectivity index (χ3v) is 4.83. The average molecular weight is 280 g/mol. The highest BCUT2D eigenvalue weighted by Gasteiger charge is 2.31. The quantitative estimate of drug-likeness (QED) is 0.838. The van der Waals surface area contributed by atoms with Crippen molar-refractivity contribution < 1.29 is 9.53 Å². The number of hydrogen-bond donors (Lipinski definition) is 1. The molecule has 1 aromatic rings. The van der Waals surface area contributed by atoms with E-state index in [2.05, 4.69) is 12.2 Å². The van der Waals surface area contributed by atoms with Crippen LogP contribution in [0.2, 0.25) is 0 Å². The van der Waals surface area contributed by atoms with Crippen molar-refractivity contribution in [1.82, 2.24) is 0 Å². The highest BCUT2D eigenvalue weighted by molar-refractivity contribution is 6.21. The first-order valence-corrected chi connectivity index (χ1v) is 7.29. The van der Waals surface area contributed by atoms with Crippen LogP contribution in [0.25, 0.3) is 0 Å². The number of carbonyl (C=O) groups is 1. The van der Waals surface area contributed by atoms with Gasteiger partial charge in [-0.2, -0.15) is 0 Å². The number of anilines is 1. The Morgan fingerprint density at radius 1 is 1.42 bits per heavy atom. The first-order chi connectivity index (χ1) is 9.15. The van der Waals surface area contributed by atoms with E-state index >= 15 is 0 Å². The summed E-state index contributed by atoms with van der Waals surface area (Å²) in [6.07, 6.45) is 3.72. The molecule has 2 aliphatic rings. The topological polar surface area (TPSA) is 38.3 Å². The summed E-state index contributed by atoms with van der Waals surface area (Å²) in [5.74, 6) is 1.82. The van der Waals surface area contributed by atoms with Crippen LogP contribution < -0.4 is 10.1 Å². The van der Waals surface area contributed by atoms with Gasteiger partial charge in [0.1, 0.15) is 5.75 Å². The van der Waals surface area contributed by atoms with Crippen LogP contribution in [0, 0.1) is 11.8 Å². The van der Waals surface area contributed by atoms with Crippen LogP contribution in [0.15, 0.2) is 18.2 Å². The van der Waals surface area contributed by atoms with Crippen molar-refractivity contribution in [2.75, 3.05) is 11.9 Å². The number of amides is 1. The Hall–Kier alpha value is -1.22. The van der Waals surface area contributed by atoms with Crippen LogP contribution in [-0.4, -0.2) is 12.5 Å². The van der Waals surface area contributed by atoms with Gasteiger partial charge in [-0.3, -0.25) is 4.79 Å². The standard InChI is InChI=1S/C15H18ClNO2/c1-9-3-2-4-11(9)15(16)10-5-6-13-12(7-10)17-14(18)8-19-13/h5-7,9,11,15H,2-4,8H2,1H3,(H,17,18). The Labute approximate surface area is 118 Å². The van der Waals surface area contributed by atoms with Crippen molar-refractivity contribution in [3.8, 4) is 5.75 Å². The number of carbonyl (C=O) groups excluding carboxylic acids is 1. The van der Waals surface area contributed by atoms with E-state index in [0.717, 1.165) is 17.0 Å². The van der Waals surface area contributed by atoms with Crippen LogP contribution >= 0.6 is 11.6 Å². The molecule has 1 aromatic carbocycles. The average Bonchev–Trinajstić information content (AvgIpc) is 2.83. The minimum absolute atomic E-state index is 0.0154. The van der Waals surface area contributed by atoms with Crippen LogP contribution in [-0.2, 0) is 4.79 Å². The molecule has 1 aliphatic carbocycles. The van der Waals surface area contributed by atoms with Crippen molar-refractivity contribution in [1.29, 1.82) is 0 Å². The molecule has 1 aliphatic heterocycles. The third-order valence-electron chi connectivity index (χ3n) is 4.26. The lowest BCUT2D eigenvalue weighted by Gasteiger charge is -2.24. The van der Waals surface area contributed by atoms with Crippen LogP contribution in [0.5, 0.6) is 5.75 Å². The van der Waals surface area contributed by atoms with Crippen LogP contribution in [0.4, 0.5) is 5.69 Å². The molecule has 4 heteroatoms. The second-order valence-electron chi connectivity index (χ2n) is 5.57. The normalized spacial score (nSPS) is 27.4. The maximum atomic E-state index is 11.3. The summed E-state index contributed by atoms with van der Waals surface area (Å²) in [6.45, 7) is 2.37. The SMILES string of the molecule is CC1CCCC1C(Cl)c1ccc2c(c1)NC(=O)CO2. The van der Waals surface area contributed by atoms with E-state index in [-0.39, 0.29) is 17.9 Å². The minimum Gasteiger partial charge on any atom is -0.482 e. The fourth-order valence-electron chi connectivity index (χ4n) is 3.13. The number of nitrogens with one attached hydrogen (secondary N) is 1. The first kappa shape index (κ1) is 12.8. The lowest BCUT2D eigenvalue weighted by atomic mass is 9.90. The Kier molecular flexibility index (Phi) is 3.40. The summed E-state index contributed by atoms with van der Waals surface area (Å²) >= 11 is 6.63. The van der Waals surface area contributed by atoms with Gasteiger partial charge in [-0.25, -0.2) is 0 Å². The Balaban J connectivity index is 1.85. The largest absolute Gasteiger partial charge is 0.482 e. The van der Waals surface area contributed by atoms with Crippen molar-refractivity contribution in [3.05, 3.63) is 23.8 Å². The predicted octanol–water partition coefficient (Wildman–Crippen LogP) is 3.73. The number of alkyl halides is 1. The van der Waals surface area contributed by atoms with E-state index in [1.54, 1.807) is 0 Å². The van der Waals surface area contributed by atoms with Gasteiger partial charge in [-0.05, 0) is 36.0 Å². The Morgan fingerprint density at radius 3 is 3.00 bits per heavy atom. The molecule has 1 amide bonds. The molecule has 0 saturated heterocycles. The maximum Gasteiger partial charge on any atom is 0.262 e. The molecule has 0 spiro atoms. The van der Waals surface area contributed by atoms with E-state index in [1.807, 2.05) is 18.2 Å². The molecule has 1 heterocycles. The molecule has 3 atom stereocenters. The van der Waals surface area contributed by atoms with Gasteiger partial charge in [0.15, 0.2) is 6.61 Å². The summed E-state index contributed by atoms with van der Waals surface area (Å²) in [5.41, 5.74) is 1.81. The Morgan fingerprint density at radius 2 is 2.26 bits per heavy atom.